The topological polar surface area (TPSA) is 142 Å². The maximum Gasteiger partial charge on any atom is 0.264 e. The van der Waals surface area contributed by atoms with Crippen LogP contribution in [-0.2, 0) is 19.1 Å². The molecule has 0 saturated carbocycles. The molecule has 28 heavy (non-hydrogen) atoms. The molecule has 10 nitrogen and oxygen atoms in total. The normalized spacial score (nSPS) is 18.9. The molecule has 2 heterocycles. The molecule has 0 aromatic heterocycles. The Morgan fingerprint density at radius 1 is 1.21 bits per heavy atom. The molecule has 1 unspecified atom stereocenters. The van der Waals surface area contributed by atoms with E-state index in [1.165, 1.54) is 18.2 Å². The number of anilines is 1. The largest absolute Gasteiger partial charge is 0.394 e. The molecule has 5 amide bonds. The van der Waals surface area contributed by atoms with Crippen molar-refractivity contribution < 1.29 is 33.8 Å². The zero-order chi connectivity index (χ0) is 20.3. The van der Waals surface area contributed by atoms with Gasteiger partial charge in [-0.15, -0.1) is 0 Å². The van der Waals surface area contributed by atoms with E-state index in [0.717, 1.165) is 4.90 Å². The highest BCUT2D eigenvalue weighted by Gasteiger charge is 2.45. The Morgan fingerprint density at radius 2 is 2.00 bits per heavy atom. The van der Waals surface area contributed by atoms with Crippen LogP contribution in [0.15, 0.2) is 18.2 Å². The van der Waals surface area contributed by atoms with Gasteiger partial charge in [0.05, 0.1) is 43.1 Å². The molecule has 3 rings (SSSR count). The van der Waals surface area contributed by atoms with Gasteiger partial charge in [-0.2, -0.15) is 0 Å². The van der Waals surface area contributed by atoms with Gasteiger partial charge in [0.15, 0.2) is 0 Å². The number of imide groups is 2. The van der Waals surface area contributed by atoms with Crippen LogP contribution in [0, 0.1) is 0 Å². The summed E-state index contributed by atoms with van der Waals surface area (Å²) in [6, 6.07) is 3.39. The van der Waals surface area contributed by atoms with Gasteiger partial charge in [-0.1, -0.05) is 6.07 Å². The van der Waals surface area contributed by atoms with Crippen molar-refractivity contribution in [3.63, 3.8) is 0 Å². The number of aliphatic hydroxyl groups is 1. The Bertz CT molecular complexity index is 852. The van der Waals surface area contributed by atoms with E-state index < -0.39 is 35.6 Å². The number of piperidine rings is 1. The first-order valence-corrected chi connectivity index (χ1v) is 8.77. The van der Waals surface area contributed by atoms with Crippen LogP contribution in [0.4, 0.5) is 5.69 Å². The third kappa shape index (κ3) is 3.78. The summed E-state index contributed by atoms with van der Waals surface area (Å²) in [5.74, 6) is -2.91. The van der Waals surface area contributed by atoms with Gasteiger partial charge >= 0.3 is 0 Å². The number of nitrogens with zero attached hydrogens (tertiary/aromatic N) is 1. The summed E-state index contributed by atoms with van der Waals surface area (Å²) >= 11 is 0. The van der Waals surface area contributed by atoms with Crippen molar-refractivity contribution >= 4 is 35.2 Å². The fourth-order valence-corrected chi connectivity index (χ4v) is 3.16. The van der Waals surface area contributed by atoms with E-state index in [1.54, 1.807) is 0 Å². The van der Waals surface area contributed by atoms with Crippen molar-refractivity contribution in [2.24, 2.45) is 0 Å². The lowest BCUT2D eigenvalue weighted by molar-refractivity contribution is -0.136. The molecule has 148 valence electrons. The van der Waals surface area contributed by atoms with Gasteiger partial charge in [0.25, 0.3) is 11.8 Å². The highest BCUT2D eigenvalue weighted by molar-refractivity contribution is 6.26. The number of aliphatic hydroxyl groups excluding tert-OH is 1. The van der Waals surface area contributed by atoms with Crippen molar-refractivity contribution in [2.75, 3.05) is 25.1 Å². The van der Waals surface area contributed by atoms with Crippen molar-refractivity contribution in [1.82, 2.24) is 10.2 Å². The first-order chi connectivity index (χ1) is 13.4. The van der Waals surface area contributed by atoms with Crippen LogP contribution >= 0.6 is 0 Å². The fourth-order valence-electron chi connectivity index (χ4n) is 3.16. The van der Waals surface area contributed by atoms with Crippen molar-refractivity contribution in [2.45, 2.75) is 25.3 Å². The van der Waals surface area contributed by atoms with Crippen molar-refractivity contribution in [1.29, 1.82) is 0 Å². The molecule has 0 aliphatic carbocycles. The minimum atomic E-state index is -1.07. The summed E-state index contributed by atoms with van der Waals surface area (Å²) in [4.78, 5) is 61.9. The highest BCUT2D eigenvalue weighted by Crippen LogP contribution is 2.32. The van der Waals surface area contributed by atoms with Gasteiger partial charge in [0.1, 0.15) is 6.04 Å². The fraction of sp³-hybridized carbons (Fsp3) is 0.389. The second-order valence-electron chi connectivity index (χ2n) is 6.31. The van der Waals surface area contributed by atoms with Gasteiger partial charge in [-0.05, 0) is 18.6 Å². The minimum Gasteiger partial charge on any atom is -0.394 e. The Hall–Kier alpha value is -3.11. The number of amides is 5. The minimum absolute atomic E-state index is 0.00264. The lowest BCUT2D eigenvalue weighted by Gasteiger charge is -2.27. The molecule has 1 aromatic rings. The molecule has 1 saturated heterocycles. The maximum absolute atomic E-state index is 12.9. The molecular weight excluding hydrogens is 370 g/mol. The van der Waals surface area contributed by atoms with E-state index in [0.29, 0.717) is 0 Å². The van der Waals surface area contributed by atoms with E-state index in [-0.39, 0.29) is 55.9 Å². The quantitative estimate of drug-likeness (QED) is 0.418. The Balaban J connectivity index is 1.77. The number of hydrogen-bond donors (Lipinski definition) is 3. The van der Waals surface area contributed by atoms with Gasteiger partial charge in [0, 0.05) is 6.42 Å². The molecular formula is C18H19N3O7. The van der Waals surface area contributed by atoms with E-state index in [9.17, 15) is 24.0 Å². The SMILES string of the molecule is O=C1CCC(N2C(=O)c3cccc(NC(=O)CCOCCO)c3C2=O)C(=O)N1. The van der Waals surface area contributed by atoms with Crippen LogP contribution < -0.4 is 10.6 Å². The van der Waals surface area contributed by atoms with E-state index >= 15 is 0 Å². The third-order valence-corrected chi connectivity index (χ3v) is 4.45. The van der Waals surface area contributed by atoms with Crippen molar-refractivity contribution in [3.05, 3.63) is 29.3 Å². The monoisotopic (exact) mass is 389 g/mol. The predicted molar refractivity (Wildman–Crippen MR) is 94.3 cm³/mol. The Labute approximate surface area is 159 Å². The lowest BCUT2D eigenvalue weighted by Crippen LogP contribution is -2.54. The molecule has 1 atom stereocenters. The van der Waals surface area contributed by atoms with Gasteiger partial charge in [-0.3, -0.25) is 34.2 Å². The summed E-state index contributed by atoms with van der Waals surface area (Å²) in [5, 5.41) is 13.4. The molecule has 10 heteroatoms. The smallest absolute Gasteiger partial charge is 0.264 e. The number of hydrogen-bond acceptors (Lipinski definition) is 7. The van der Waals surface area contributed by atoms with Crippen LogP contribution in [-0.4, -0.2) is 65.4 Å². The Kier molecular flexibility index (Phi) is 5.81. The second-order valence-corrected chi connectivity index (χ2v) is 6.31. The standard InChI is InChI=1S/C18H19N3O7/c22-7-9-28-8-6-14(24)19-11-3-1-2-10-15(11)18(27)21(17(10)26)12-4-5-13(23)20-16(12)25/h1-3,12,22H,4-9H2,(H,19,24)(H,20,23,25). The van der Waals surface area contributed by atoms with Crippen LogP contribution in [0.1, 0.15) is 40.0 Å². The van der Waals surface area contributed by atoms with Gasteiger partial charge < -0.3 is 15.2 Å². The molecule has 1 aromatic carbocycles. The van der Waals surface area contributed by atoms with Crippen LogP contribution in [0.3, 0.4) is 0 Å². The first-order valence-electron chi connectivity index (χ1n) is 8.77. The number of rotatable bonds is 7. The number of carbonyl (C=O) groups excluding carboxylic acids is 5. The Morgan fingerprint density at radius 3 is 2.71 bits per heavy atom. The number of nitrogens with one attached hydrogen (secondary N) is 2. The summed E-state index contributed by atoms with van der Waals surface area (Å²) in [6.45, 7) is 0.0548. The molecule has 0 bridgehead atoms. The number of ether oxygens (including phenoxy) is 1. The van der Waals surface area contributed by atoms with E-state index in [4.69, 9.17) is 9.84 Å². The molecule has 2 aliphatic heterocycles. The van der Waals surface area contributed by atoms with Gasteiger partial charge in [-0.25, -0.2) is 0 Å². The zero-order valence-corrected chi connectivity index (χ0v) is 14.9. The van der Waals surface area contributed by atoms with Crippen LogP contribution in [0.25, 0.3) is 0 Å². The molecule has 2 aliphatic rings. The van der Waals surface area contributed by atoms with Crippen LogP contribution in [0.5, 0.6) is 0 Å². The highest BCUT2D eigenvalue weighted by atomic mass is 16.5. The maximum atomic E-state index is 12.9. The molecule has 0 radical (unpaired) electrons. The predicted octanol–water partition coefficient (Wildman–Crippen LogP) is -0.575. The average Bonchev–Trinajstić information content (AvgIpc) is 2.91. The summed E-state index contributed by atoms with van der Waals surface area (Å²) in [7, 11) is 0. The summed E-state index contributed by atoms with van der Waals surface area (Å²) in [5.41, 5.74) is 0.267. The summed E-state index contributed by atoms with van der Waals surface area (Å²) in [6.07, 6.45) is 0.0872. The summed E-state index contributed by atoms with van der Waals surface area (Å²) < 4.78 is 5.03. The number of carbonyl (C=O) groups is 5. The number of fused-ring (bicyclic) bond motifs is 1. The van der Waals surface area contributed by atoms with Crippen LogP contribution in [0.2, 0.25) is 0 Å². The number of benzene rings is 1. The molecule has 0 spiro atoms. The second kappa shape index (κ2) is 8.28. The van der Waals surface area contributed by atoms with E-state index in [1.807, 2.05) is 0 Å². The van der Waals surface area contributed by atoms with Gasteiger partial charge in [0.2, 0.25) is 17.7 Å². The van der Waals surface area contributed by atoms with Crippen molar-refractivity contribution in [3.8, 4) is 0 Å². The average molecular weight is 389 g/mol. The molecule has 1 fully saturated rings. The zero-order valence-electron chi connectivity index (χ0n) is 14.9. The van der Waals surface area contributed by atoms with E-state index in [2.05, 4.69) is 10.6 Å². The molecule has 3 N–H and O–H groups in total. The lowest BCUT2D eigenvalue weighted by atomic mass is 10.0. The third-order valence-electron chi connectivity index (χ3n) is 4.45. The first kappa shape index (κ1) is 19.6.